The van der Waals surface area contributed by atoms with Gasteiger partial charge in [-0.25, -0.2) is 0 Å². The number of carbonyl (C=O) groups excluding carboxylic acids is 1. The first-order chi connectivity index (χ1) is 15.0. The summed E-state index contributed by atoms with van der Waals surface area (Å²) in [5, 5.41) is 6.04. The fourth-order valence-electron chi connectivity index (χ4n) is 2.84. The Kier molecular flexibility index (Phi) is 7.26. The van der Waals surface area contributed by atoms with E-state index < -0.39 is 6.61 Å². The summed E-state index contributed by atoms with van der Waals surface area (Å²) in [7, 11) is 2.97. The molecule has 3 rings (SSSR count). The van der Waals surface area contributed by atoms with Gasteiger partial charge in [0, 0.05) is 23.5 Å². The number of methoxy groups -OCH3 is 2. The van der Waals surface area contributed by atoms with Crippen molar-refractivity contribution in [3.05, 3.63) is 77.9 Å². The zero-order valence-electron chi connectivity index (χ0n) is 17.0. The predicted molar refractivity (Wildman–Crippen MR) is 114 cm³/mol. The number of anilines is 2. The molecule has 3 aromatic rings. The molecular formula is C23H22F2N2O4. The molecule has 162 valence electrons. The van der Waals surface area contributed by atoms with E-state index in [0.717, 1.165) is 11.3 Å². The minimum absolute atomic E-state index is 0.0199. The quantitative estimate of drug-likeness (QED) is 0.492. The van der Waals surface area contributed by atoms with Gasteiger partial charge in [0.15, 0.2) is 11.5 Å². The maximum absolute atomic E-state index is 12.4. The van der Waals surface area contributed by atoms with Gasteiger partial charge in [-0.15, -0.1) is 0 Å². The highest BCUT2D eigenvalue weighted by atomic mass is 19.3. The highest BCUT2D eigenvalue weighted by Crippen LogP contribution is 2.29. The van der Waals surface area contributed by atoms with E-state index in [1.54, 1.807) is 67.8 Å². The molecule has 6 nitrogen and oxygen atoms in total. The summed E-state index contributed by atoms with van der Waals surface area (Å²) in [5.41, 5.74) is 2.80. The van der Waals surface area contributed by atoms with Crippen LogP contribution in [0.25, 0.3) is 0 Å². The predicted octanol–water partition coefficient (Wildman–Crippen LogP) is 5.17. The molecule has 0 fully saturated rings. The molecule has 0 aliphatic carbocycles. The van der Waals surface area contributed by atoms with Crippen molar-refractivity contribution < 1.29 is 27.8 Å². The van der Waals surface area contributed by atoms with E-state index in [-0.39, 0.29) is 17.4 Å². The van der Waals surface area contributed by atoms with Gasteiger partial charge in [0.05, 0.1) is 14.2 Å². The first-order valence-electron chi connectivity index (χ1n) is 9.39. The first kappa shape index (κ1) is 21.9. The molecule has 0 bridgehead atoms. The number of hydrogen-bond acceptors (Lipinski definition) is 5. The van der Waals surface area contributed by atoms with Crippen LogP contribution in [0.3, 0.4) is 0 Å². The van der Waals surface area contributed by atoms with Gasteiger partial charge in [-0.05, 0) is 66.2 Å². The van der Waals surface area contributed by atoms with E-state index in [0.29, 0.717) is 23.5 Å². The molecule has 0 saturated carbocycles. The van der Waals surface area contributed by atoms with E-state index in [1.165, 1.54) is 13.2 Å². The van der Waals surface area contributed by atoms with Gasteiger partial charge in [0.2, 0.25) is 0 Å². The standard InChI is InChI=1S/C23H22F2N2O4/c1-29-19-10-8-18(9-11-19)27-22(28)16-4-6-17(7-5-16)26-14-15-3-12-20(31-23(24)25)21(13-15)30-2/h3-13,23,26H,14H2,1-2H3,(H,27,28). The van der Waals surface area contributed by atoms with Gasteiger partial charge in [-0.1, -0.05) is 6.07 Å². The van der Waals surface area contributed by atoms with Crippen molar-refractivity contribution in [1.29, 1.82) is 0 Å². The van der Waals surface area contributed by atoms with Gasteiger partial charge >= 0.3 is 6.61 Å². The number of rotatable bonds is 9. The molecule has 3 aromatic carbocycles. The Balaban J connectivity index is 1.58. The number of benzene rings is 3. The maximum Gasteiger partial charge on any atom is 0.387 e. The Labute approximate surface area is 178 Å². The van der Waals surface area contributed by atoms with Gasteiger partial charge in [0.1, 0.15) is 5.75 Å². The van der Waals surface area contributed by atoms with Gasteiger partial charge in [-0.3, -0.25) is 4.79 Å². The molecule has 0 radical (unpaired) electrons. The molecule has 2 N–H and O–H groups in total. The average molecular weight is 428 g/mol. The second kappa shape index (κ2) is 10.3. The zero-order chi connectivity index (χ0) is 22.2. The second-order valence-electron chi connectivity index (χ2n) is 6.48. The number of nitrogens with one attached hydrogen (secondary N) is 2. The van der Waals surface area contributed by atoms with Crippen molar-refractivity contribution in [3.63, 3.8) is 0 Å². The van der Waals surface area contributed by atoms with Crippen LogP contribution in [-0.4, -0.2) is 26.7 Å². The van der Waals surface area contributed by atoms with Crippen LogP contribution < -0.4 is 24.8 Å². The van der Waals surface area contributed by atoms with Crippen LogP contribution in [0.1, 0.15) is 15.9 Å². The molecule has 0 atom stereocenters. The molecule has 0 aromatic heterocycles. The van der Waals surface area contributed by atoms with E-state index in [9.17, 15) is 13.6 Å². The number of amides is 1. The summed E-state index contributed by atoms with van der Waals surface area (Å²) in [6.45, 7) is -2.48. The lowest BCUT2D eigenvalue weighted by Gasteiger charge is -2.12. The summed E-state index contributed by atoms with van der Waals surface area (Å²) in [6.07, 6.45) is 0. The Morgan fingerprint density at radius 2 is 1.55 bits per heavy atom. The van der Waals surface area contributed by atoms with Crippen LogP contribution in [0, 0.1) is 0 Å². The van der Waals surface area contributed by atoms with Crippen LogP contribution in [0.4, 0.5) is 20.2 Å². The Morgan fingerprint density at radius 3 is 2.16 bits per heavy atom. The van der Waals surface area contributed by atoms with Crippen molar-refractivity contribution in [2.45, 2.75) is 13.2 Å². The highest BCUT2D eigenvalue weighted by molar-refractivity contribution is 6.04. The Morgan fingerprint density at radius 1 is 0.871 bits per heavy atom. The summed E-state index contributed by atoms with van der Waals surface area (Å²) in [6, 6.07) is 18.8. The third-order valence-electron chi connectivity index (χ3n) is 4.44. The topological polar surface area (TPSA) is 68.8 Å². The summed E-state index contributed by atoms with van der Waals surface area (Å²) in [4.78, 5) is 12.4. The molecule has 8 heteroatoms. The fourth-order valence-corrected chi connectivity index (χ4v) is 2.84. The third kappa shape index (κ3) is 6.08. The van der Waals surface area contributed by atoms with Crippen molar-refractivity contribution >= 4 is 17.3 Å². The van der Waals surface area contributed by atoms with E-state index in [2.05, 4.69) is 15.4 Å². The molecule has 0 heterocycles. The number of halogens is 2. The average Bonchev–Trinajstić information content (AvgIpc) is 2.79. The molecule has 1 amide bonds. The largest absolute Gasteiger partial charge is 0.497 e. The van der Waals surface area contributed by atoms with Crippen molar-refractivity contribution in [1.82, 2.24) is 0 Å². The van der Waals surface area contributed by atoms with Crippen molar-refractivity contribution in [2.24, 2.45) is 0 Å². The van der Waals surface area contributed by atoms with Gasteiger partial charge < -0.3 is 24.8 Å². The SMILES string of the molecule is COc1ccc(NC(=O)c2ccc(NCc3ccc(OC(F)F)c(OC)c3)cc2)cc1. The van der Waals surface area contributed by atoms with Crippen molar-refractivity contribution in [3.8, 4) is 17.2 Å². The minimum Gasteiger partial charge on any atom is -0.497 e. The van der Waals surface area contributed by atoms with Crippen LogP contribution in [0.15, 0.2) is 66.7 Å². The molecule has 0 aliphatic rings. The number of ether oxygens (including phenoxy) is 3. The second-order valence-corrected chi connectivity index (χ2v) is 6.48. The van der Waals surface area contributed by atoms with E-state index >= 15 is 0 Å². The normalized spacial score (nSPS) is 10.5. The fraction of sp³-hybridized carbons (Fsp3) is 0.174. The minimum atomic E-state index is -2.92. The molecular weight excluding hydrogens is 406 g/mol. The van der Waals surface area contributed by atoms with Crippen LogP contribution in [-0.2, 0) is 6.54 Å². The Bertz CT molecular complexity index is 1010. The third-order valence-corrected chi connectivity index (χ3v) is 4.44. The lowest BCUT2D eigenvalue weighted by Crippen LogP contribution is -2.11. The van der Waals surface area contributed by atoms with Crippen molar-refractivity contribution in [2.75, 3.05) is 24.9 Å². The molecule has 31 heavy (non-hydrogen) atoms. The summed E-state index contributed by atoms with van der Waals surface area (Å²) >= 11 is 0. The summed E-state index contributed by atoms with van der Waals surface area (Å²) < 4.78 is 39.5. The molecule has 0 spiro atoms. The van der Waals surface area contributed by atoms with Gasteiger partial charge in [-0.2, -0.15) is 8.78 Å². The van der Waals surface area contributed by atoms with Crippen LogP contribution in [0.5, 0.6) is 17.2 Å². The smallest absolute Gasteiger partial charge is 0.387 e. The number of carbonyl (C=O) groups is 1. The van der Waals surface area contributed by atoms with Crippen LogP contribution in [0.2, 0.25) is 0 Å². The maximum atomic E-state index is 12.4. The highest BCUT2D eigenvalue weighted by Gasteiger charge is 2.11. The summed E-state index contributed by atoms with van der Waals surface area (Å²) in [5.74, 6) is 0.692. The van der Waals surface area contributed by atoms with Crippen LogP contribution >= 0.6 is 0 Å². The number of alkyl halides is 2. The monoisotopic (exact) mass is 428 g/mol. The lowest BCUT2D eigenvalue weighted by atomic mass is 10.1. The molecule has 0 saturated heterocycles. The molecule has 0 unspecified atom stereocenters. The van der Waals surface area contributed by atoms with E-state index in [1.807, 2.05) is 0 Å². The molecule has 0 aliphatic heterocycles. The number of hydrogen-bond donors (Lipinski definition) is 2. The van der Waals surface area contributed by atoms with Gasteiger partial charge in [0.25, 0.3) is 5.91 Å². The Hall–Kier alpha value is -3.81. The first-order valence-corrected chi connectivity index (χ1v) is 9.39. The zero-order valence-corrected chi connectivity index (χ0v) is 17.0. The lowest BCUT2D eigenvalue weighted by molar-refractivity contribution is -0.0512. The van der Waals surface area contributed by atoms with E-state index in [4.69, 9.17) is 9.47 Å².